The Labute approximate surface area is 79.3 Å². The van der Waals surface area contributed by atoms with E-state index in [0.29, 0.717) is 18.7 Å². The predicted molar refractivity (Wildman–Crippen MR) is 52.6 cm³/mol. The number of amides is 1. The number of methoxy groups -OCH3 is 1. The number of ether oxygens (including phenoxy) is 1. The first-order chi connectivity index (χ1) is 5.81. The molecule has 12 heavy (non-hydrogen) atoms. The first-order valence-electron chi connectivity index (χ1n) is 4.17. The summed E-state index contributed by atoms with van der Waals surface area (Å²) in [5.74, 6) is 0.809. The highest BCUT2D eigenvalue weighted by Crippen LogP contribution is 1.94. The number of unbranched alkanes of at least 4 members (excludes halogenated alkanes) is 1. The van der Waals surface area contributed by atoms with Crippen molar-refractivity contribution in [1.29, 1.82) is 0 Å². The lowest BCUT2D eigenvalue weighted by molar-refractivity contribution is -0.121. The Hall–Kier alpha value is -0.220. The van der Waals surface area contributed by atoms with E-state index in [-0.39, 0.29) is 5.91 Å². The van der Waals surface area contributed by atoms with Crippen molar-refractivity contribution in [2.24, 2.45) is 0 Å². The van der Waals surface area contributed by atoms with Crippen molar-refractivity contribution < 1.29 is 9.53 Å². The van der Waals surface area contributed by atoms with E-state index in [2.05, 4.69) is 17.9 Å². The van der Waals surface area contributed by atoms with E-state index in [1.807, 2.05) is 0 Å². The summed E-state index contributed by atoms with van der Waals surface area (Å²) >= 11 is 3.99. The molecule has 0 unspecified atom stereocenters. The molecule has 1 N–H and O–H groups in total. The molecule has 0 saturated heterocycles. The zero-order chi connectivity index (χ0) is 9.23. The van der Waals surface area contributed by atoms with E-state index in [0.717, 1.165) is 19.4 Å². The van der Waals surface area contributed by atoms with Gasteiger partial charge in [-0.3, -0.25) is 4.79 Å². The summed E-state index contributed by atoms with van der Waals surface area (Å²) in [5.41, 5.74) is 0. The van der Waals surface area contributed by atoms with Gasteiger partial charge >= 0.3 is 0 Å². The molecule has 0 aromatic heterocycles. The third-order valence-corrected chi connectivity index (χ3v) is 1.66. The van der Waals surface area contributed by atoms with Crippen LogP contribution in [0.3, 0.4) is 0 Å². The first-order valence-corrected chi connectivity index (χ1v) is 4.81. The Morgan fingerprint density at radius 3 is 2.83 bits per heavy atom. The van der Waals surface area contributed by atoms with Gasteiger partial charge in [0.25, 0.3) is 0 Å². The fourth-order valence-electron chi connectivity index (χ4n) is 0.816. The minimum absolute atomic E-state index is 0.111. The molecule has 0 heterocycles. The molecule has 0 bridgehead atoms. The monoisotopic (exact) mass is 191 g/mol. The number of hydrogen-bond acceptors (Lipinski definition) is 3. The average Bonchev–Trinajstić information content (AvgIpc) is 2.09. The van der Waals surface area contributed by atoms with Crippen LogP contribution in [0.4, 0.5) is 0 Å². The molecule has 0 aliphatic heterocycles. The molecule has 0 radical (unpaired) electrons. The maximum absolute atomic E-state index is 11.0. The molecule has 0 atom stereocenters. The normalized spacial score (nSPS) is 9.83. The first kappa shape index (κ1) is 11.8. The second kappa shape index (κ2) is 8.87. The highest BCUT2D eigenvalue weighted by molar-refractivity contribution is 7.80. The lowest BCUT2D eigenvalue weighted by atomic mass is 10.2. The van der Waals surface area contributed by atoms with Gasteiger partial charge in [-0.05, 0) is 12.8 Å². The van der Waals surface area contributed by atoms with E-state index in [9.17, 15) is 4.79 Å². The predicted octanol–water partition coefficient (Wildman–Crippen LogP) is 0.849. The van der Waals surface area contributed by atoms with E-state index < -0.39 is 0 Å². The maximum atomic E-state index is 11.0. The number of rotatable bonds is 7. The summed E-state index contributed by atoms with van der Waals surface area (Å²) in [6, 6.07) is 0. The van der Waals surface area contributed by atoms with Crippen molar-refractivity contribution >= 4 is 18.5 Å². The van der Waals surface area contributed by atoms with Crippen LogP contribution in [0, 0.1) is 0 Å². The van der Waals surface area contributed by atoms with Crippen LogP contribution >= 0.6 is 12.6 Å². The molecule has 0 aliphatic rings. The lowest BCUT2D eigenvalue weighted by Gasteiger charge is -2.02. The van der Waals surface area contributed by atoms with E-state index in [1.165, 1.54) is 0 Å². The minimum atomic E-state index is 0.111. The number of hydrogen-bond donors (Lipinski definition) is 2. The summed E-state index contributed by atoms with van der Waals surface area (Å²) in [6.45, 7) is 1.39. The third-order valence-electron chi connectivity index (χ3n) is 1.44. The van der Waals surface area contributed by atoms with Gasteiger partial charge in [0.2, 0.25) is 5.91 Å². The van der Waals surface area contributed by atoms with Gasteiger partial charge in [0, 0.05) is 32.4 Å². The molecular weight excluding hydrogens is 174 g/mol. The van der Waals surface area contributed by atoms with E-state index in [4.69, 9.17) is 4.74 Å². The maximum Gasteiger partial charge on any atom is 0.220 e. The van der Waals surface area contributed by atoms with Gasteiger partial charge in [-0.1, -0.05) is 0 Å². The molecule has 0 saturated carbocycles. The van der Waals surface area contributed by atoms with Crippen molar-refractivity contribution in [3.05, 3.63) is 0 Å². The minimum Gasteiger partial charge on any atom is -0.385 e. The van der Waals surface area contributed by atoms with Gasteiger partial charge < -0.3 is 10.1 Å². The van der Waals surface area contributed by atoms with Crippen molar-refractivity contribution in [3.63, 3.8) is 0 Å². The van der Waals surface area contributed by atoms with Crippen LogP contribution < -0.4 is 5.32 Å². The summed E-state index contributed by atoms with van der Waals surface area (Å²) in [5, 5.41) is 2.75. The smallest absolute Gasteiger partial charge is 0.220 e. The average molecular weight is 191 g/mol. The standard InChI is InChI=1S/C8H17NO2S/c1-11-6-3-2-4-8(10)9-5-7-12/h12H,2-7H2,1H3,(H,9,10). The lowest BCUT2D eigenvalue weighted by Crippen LogP contribution is -2.24. The van der Waals surface area contributed by atoms with E-state index >= 15 is 0 Å². The molecule has 3 nitrogen and oxygen atoms in total. The van der Waals surface area contributed by atoms with Crippen LogP contribution in [-0.2, 0) is 9.53 Å². The number of carbonyl (C=O) groups is 1. The molecule has 0 aliphatic carbocycles. The second-order valence-electron chi connectivity index (χ2n) is 2.52. The zero-order valence-electron chi connectivity index (χ0n) is 7.51. The fraction of sp³-hybridized carbons (Fsp3) is 0.875. The Kier molecular flexibility index (Phi) is 8.71. The highest BCUT2D eigenvalue weighted by atomic mass is 32.1. The van der Waals surface area contributed by atoms with Crippen LogP contribution in [0.25, 0.3) is 0 Å². The van der Waals surface area contributed by atoms with Crippen molar-refractivity contribution in [2.75, 3.05) is 26.0 Å². The van der Waals surface area contributed by atoms with Crippen LogP contribution in [0.5, 0.6) is 0 Å². The fourth-order valence-corrected chi connectivity index (χ4v) is 0.927. The van der Waals surface area contributed by atoms with Gasteiger partial charge in [-0.2, -0.15) is 12.6 Å². The molecule has 1 amide bonds. The van der Waals surface area contributed by atoms with Gasteiger partial charge in [-0.15, -0.1) is 0 Å². The Bertz CT molecular complexity index is 120. The molecule has 0 aromatic carbocycles. The molecule has 4 heteroatoms. The van der Waals surface area contributed by atoms with Crippen LogP contribution in [0.15, 0.2) is 0 Å². The van der Waals surface area contributed by atoms with Gasteiger partial charge in [-0.25, -0.2) is 0 Å². The molecule has 0 spiro atoms. The zero-order valence-corrected chi connectivity index (χ0v) is 8.40. The van der Waals surface area contributed by atoms with Crippen LogP contribution in [0.2, 0.25) is 0 Å². The second-order valence-corrected chi connectivity index (χ2v) is 2.97. The molecular formula is C8H17NO2S. The quantitative estimate of drug-likeness (QED) is 0.462. The Morgan fingerprint density at radius 2 is 2.25 bits per heavy atom. The highest BCUT2D eigenvalue weighted by Gasteiger charge is 1.98. The SMILES string of the molecule is COCCCCC(=O)NCCS. The van der Waals surface area contributed by atoms with Crippen LogP contribution in [-0.4, -0.2) is 31.9 Å². The van der Waals surface area contributed by atoms with Crippen molar-refractivity contribution in [2.45, 2.75) is 19.3 Å². The number of thiol groups is 1. The molecule has 0 aromatic rings. The van der Waals surface area contributed by atoms with Crippen molar-refractivity contribution in [1.82, 2.24) is 5.32 Å². The van der Waals surface area contributed by atoms with Gasteiger partial charge in [0.15, 0.2) is 0 Å². The number of nitrogens with one attached hydrogen (secondary N) is 1. The molecule has 0 rings (SSSR count). The largest absolute Gasteiger partial charge is 0.385 e. The van der Waals surface area contributed by atoms with Crippen LogP contribution in [0.1, 0.15) is 19.3 Å². The topological polar surface area (TPSA) is 38.3 Å². The third kappa shape index (κ3) is 7.88. The summed E-state index contributed by atoms with van der Waals surface area (Å²) in [6.07, 6.45) is 2.44. The van der Waals surface area contributed by atoms with Crippen molar-refractivity contribution in [3.8, 4) is 0 Å². The Balaban J connectivity index is 3.08. The molecule has 0 fully saturated rings. The van der Waals surface area contributed by atoms with E-state index in [1.54, 1.807) is 7.11 Å². The summed E-state index contributed by atoms with van der Waals surface area (Å²) < 4.78 is 4.86. The molecule has 72 valence electrons. The van der Waals surface area contributed by atoms with Gasteiger partial charge in [0.05, 0.1) is 0 Å². The summed E-state index contributed by atoms with van der Waals surface area (Å²) in [7, 11) is 1.67. The Morgan fingerprint density at radius 1 is 1.50 bits per heavy atom. The number of carbonyl (C=O) groups excluding carboxylic acids is 1. The van der Waals surface area contributed by atoms with Gasteiger partial charge in [0.1, 0.15) is 0 Å². The summed E-state index contributed by atoms with van der Waals surface area (Å²) in [4.78, 5) is 11.0.